The normalized spacial score (nSPS) is 15.6. The van der Waals surface area contributed by atoms with Crippen molar-refractivity contribution in [3.05, 3.63) is 24.0 Å². The van der Waals surface area contributed by atoms with Crippen LogP contribution in [0.25, 0.3) is 0 Å². The van der Waals surface area contributed by atoms with Gasteiger partial charge in [0.25, 0.3) is 0 Å². The van der Waals surface area contributed by atoms with Gasteiger partial charge < -0.3 is 19.5 Å². The Morgan fingerprint density at radius 3 is 2.95 bits per heavy atom. The van der Waals surface area contributed by atoms with Crippen LogP contribution in [-0.4, -0.2) is 48.2 Å². The van der Waals surface area contributed by atoms with E-state index < -0.39 is 0 Å². The zero-order valence-corrected chi connectivity index (χ0v) is 12.3. The molecule has 0 spiro atoms. The second kappa shape index (κ2) is 8.07. The fraction of sp³-hybridized carbons (Fsp3) is 0.667. The van der Waals surface area contributed by atoms with Gasteiger partial charge in [0.15, 0.2) is 0 Å². The number of aromatic nitrogens is 1. The van der Waals surface area contributed by atoms with E-state index in [9.17, 15) is 4.79 Å². The van der Waals surface area contributed by atoms with E-state index in [1.54, 1.807) is 0 Å². The maximum atomic E-state index is 11.9. The lowest BCUT2D eigenvalue weighted by Crippen LogP contribution is -2.41. The molecule has 0 bridgehead atoms. The molecule has 1 N–H and O–H groups in total. The van der Waals surface area contributed by atoms with Crippen LogP contribution in [0.3, 0.4) is 0 Å². The number of carbonyl (C=O) groups is 1. The van der Waals surface area contributed by atoms with E-state index in [4.69, 9.17) is 4.74 Å². The lowest BCUT2D eigenvalue weighted by Gasteiger charge is -2.26. The molecule has 112 valence electrons. The lowest BCUT2D eigenvalue weighted by atomic mass is 10.3. The van der Waals surface area contributed by atoms with E-state index >= 15 is 0 Å². The molecule has 1 amide bonds. The molecular formula is C15H25N3O2. The van der Waals surface area contributed by atoms with Crippen LogP contribution in [0.1, 0.15) is 25.3 Å². The molecule has 1 aromatic heterocycles. The third-order valence-electron chi connectivity index (χ3n) is 3.50. The second-order valence-electron chi connectivity index (χ2n) is 5.18. The Bertz CT molecular complexity index is 411. The average Bonchev–Trinajstić information content (AvgIpc) is 2.92. The van der Waals surface area contributed by atoms with Gasteiger partial charge in [0, 0.05) is 51.5 Å². The minimum atomic E-state index is 0.226. The van der Waals surface area contributed by atoms with E-state index in [2.05, 4.69) is 35.3 Å². The minimum Gasteiger partial charge on any atom is -0.378 e. The first-order valence-electron chi connectivity index (χ1n) is 7.50. The lowest BCUT2D eigenvalue weighted by molar-refractivity contribution is -0.135. The molecule has 2 heterocycles. The number of morpholine rings is 1. The Balaban J connectivity index is 1.61. The Labute approximate surface area is 120 Å². The van der Waals surface area contributed by atoms with E-state index in [1.165, 1.54) is 5.56 Å². The van der Waals surface area contributed by atoms with Gasteiger partial charge in [-0.1, -0.05) is 6.92 Å². The largest absolute Gasteiger partial charge is 0.378 e. The molecule has 5 heteroatoms. The molecule has 0 saturated carbocycles. The Morgan fingerprint density at radius 2 is 2.20 bits per heavy atom. The van der Waals surface area contributed by atoms with E-state index in [0.29, 0.717) is 19.6 Å². The van der Waals surface area contributed by atoms with Crippen LogP contribution in [-0.2, 0) is 22.6 Å². The van der Waals surface area contributed by atoms with Gasteiger partial charge in [-0.25, -0.2) is 0 Å². The summed E-state index contributed by atoms with van der Waals surface area (Å²) in [5.74, 6) is 0.226. The van der Waals surface area contributed by atoms with Crippen molar-refractivity contribution in [2.75, 3.05) is 32.8 Å². The van der Waals surface area contributed by atoms with Crippen molar-refractivity contribution in [1.82, 2.24) is 14.8 Å². The first-order chi connectivity index (χ1) is 9.79. The summed E-state index contributed by atoms with van der Waals surface area (Å²) in [5.41, 5.74) is 1.28. The summed E-state index contributed by atoms with van der Waals surface area (Å²) in [6.45, 7) is 7.61. The smallest absolute Gasteiger partial charge is 0.224 e. The Kier molecular flexibility index (Phi) is 6.08. The molecule has 0 atom stereocenters. The molecule has 20 heavy (non-hydrogen) atoms. The molecule has 0 unspecified atom stereocenters. The Hall–Kier alpha value is -1.33. The minimum absolute atomic E-state index is 0.226. The van der Waals surface area contributed by atoms with Gasteiger partial charge in [-0.05, 0) is 18.1 Å². The van der Waals surface area contributed by atoms with Gasteiger partial charge in [-0.15, -0.1) is 0 Å². The van der Waals surface area contributed by atoms with Gasteiger partial charge >= 0.3 is 0 Å². The predicted octanol–water partition coefficient (Wildman–Crippen LogP) is 1.24. The fourth-order valence-electron chi connectivity index (χ4n) is 2.39. The van der Waals surface area contributed by atoms with Crippen molar-refractivity contribution < 1.29 is 9.53 Å². The van der Waals surface area contributed by atoms with Crippen LogP contribution in [0.5, 0.6) is 0 Å². The molecule has 0 aliphatic carbocycles. The van der Waals surface area contributed by atoms with Crippen molar-refractivity contribution in [3.63, 3.8) is 0 Å². The average molecular weight is 279 g/mol. The second-order valence-corrected chi connectivity index (χ2v) is 5.18. The Morgan fingerprint density at radius 1 is 1.40 bits per heavy atom. The van der Waals surface area contributed by atoms with Crippen LogP contribution in [0.2, 0.25) is 0 Å². The van der Waals surface area contributed by atoms with Crippen LogP contribution in [0, 0.1) is 0 Å². The molecule has 1 saturated heterocycles. The van der Waals surface area contributed by atoms with E-state index in [0.717, 1.165) is 39.1 Å². The zero-order valence-electron chi connectivity index (χ0n) is 12.3. The quantitative estimate of drug-likeness (QED) is 0.764. The molecule has 1 aromatic rings. The maximum absolute atomic E-state index is 11.9. The van der Waals surface area contributed by atoms with Crippen molar-refractivity contribution >= 4 is 5.91 Å². The summed E-state index contributed by atoms with van der Waals surface area (Å²) in [6.07, 6.45) is 5.99. The van der Waals surface area contributed by atoms with Crippen molar-refractivity contribution in [2.45, 2.75) is 32.9 Å². The van der Waals surface area contributed by atoms with Crippen molar-refractivity contribution in [1.29, 1.82) is 0 Å². The van der Waals surface area contributed by atoms with Crippen molar-refractivity contribution in [2.24, 2.45) is 0 Å². The van der Waals surface area contributed by atoms with Crippen LogP contribution >= 0.6 is 0 Å². The third kappa shape index (κ3) is 4.65. The van der Waals surface area contributed by atoms with Gasteiger partial charge in [0.1, 0.15) is 0 Å². The summed E-state index contributed by atoms with van der Waals surface area (Å²) in [5, 5.41) is 3.34. The highest BCUT2D eigenvalue weighted by atomic mass is 16.5. The number of rotatable bonds is 7. The number of aryl methyl sites for hydroxylation is 1. The number of nitrogens with one attached hydrogen (secondary N) is 1. The summed E-state index contributed by atoms with van der Waals surface area (Å²) in [4.78, 5) is 13.8. The summed E-state index contributed by atoms with van der Waals surface area (Å²) >= 11 is 0. The van der Waals surface area contributed by atoms with Gasteiger partial charge in [-0.3, -0.25) is 4.79 Å². The number of ether oxygens (including phenoxy) is 1. The van der Waals surface area contributed by atoms with Crippen LogP contribution < -0.4 is 5.32 Å². The fourth-order valence-corrected chi connectivity index (χ4v) is 2.39. The SMILES string of the molecule is CCCn1ccc(CNCCC(=O)N2CCOCC2)c1. The number of amides is 1. The molecular weight excluding hydrogens is 254 g/mol. The van der Waals surface area contributed by atoms with Gasteiger partial charge in [-0.2, -0.15) is 0 Å². The summed E-state index contributed by atoms with van der Waals surface area (Å²) in [7, 11) is 0. The number of hydrogen-bond acceptors (Lipinski definition) is 3. The zero-order chi connectivity index (χ0) is 14.2. The van der Waals surface area contributed by atoms with Crippen LogP contribution in [0.4, 0.5) is 0 Å². The summed E-state index contributed by atoms with van der Waals surface area (Å²) in [6, 6.07) is 2.13. The topological polar surface area (TPSA) is 46.5 Å². The van der Waals surface area contributed by atoms with E-state index in [1.807, 2.05) is 4.90 Å². The highest BCUT2D eigenvalue weighted by Gasteiger charge is 2.15. The predicted molar refractivity (Wildman–Crippen MR) is 78.4 cm³/mol. The van der Waals surface area contributed by atoms with Gasteiger partial charge in [0.05, 0.1) is 13.2 Å². The highest BCUT2D eigenvalue weighted by Crippen LogP contribution is 2.03. The first-order valence-corrected chi connectivity index (χ1v) is 7.50. The van der Waals surface area contributed by atoms with Crippen LogP contribution in [0.15, 0.2) is 18.5 Å². The molecule has 5 nitrogen and oxygen atoms in total. The van der Waals surface area contributed by atoms with Crippen molar-refractivity contribution in [3.8, 4) is 0 Å². The molecule has 0 radical (unpaired) electrons. The molecule has 0 aromatic carbocycles. The summed E-state index contributed by atoms with van der Waals surface area (Å²) < 4.78 is 7.45. The standard InChI is InChI=1S/C15H25N3O2/c1-2-6-17-7-4-14(13-17)12-16-5-3-15(19)18-8-10-20-11-9-18/h4,7,13,16H,2-3,5-6,8-12H2,1H3. The first kappa shape index (κ1) is 15.1. The molecule has 1 fully saturated rings. The van der Waals surface area contributed by atoms with E-state index in [-0.39, 0.29) is 5.91 Å². The molecule has 1 aliphatic heterocycles. The highest BCUT2D eigenvalue weighted by molar-refractivity contribution is 5.76. The maximum Gasteiger partial charge on any atom is 0.224 e. The number of hydrogen-bond donors (Lipinski definition) is 1. The molecule has 2 rings (SSSR count). The number of nitrogens with zero attached hydrogens (tertiary/aromatic N) is 2. The monoisotopic (exact) mass is 279 g/mol. The third-order valence-corrected chi connectivity index (χ3v) is 3.50. The molecule has 1 aliphatic rings. The number of carbonyl (C=O) groups excluding carboxylic acids is 1. The van der Waals surface area contributed by atoms with Gasteiger partial charge in [0.2, 0.25) is 5.91 Å².